The topological polar surface area (TPSA) is 39.1 Å². The van der Waals surface area contributed by atoms with Crippen LogP contribution in [0.5, 0.6) is 0 Å². The Hall–Kier alpha value is -0.870. The van der Waals surface area contributed by atoms with Crippen molar-refractivity contribution in [1.82, 2.24) is 14.9 Å². The van der Waals surface area contributed by atoms with Crippen molar-refractivity contribution in [3.63, 3.8) is 0 Å². The fourth-order valence-electron chi connectivity index (χ4n) is 2.54. The average molecular weight is 237 g/mol. The highest BCUT2D eigenvalue weighted by atomic mass is 16.5. The van der Waals surface area contributed by atoms with Gasteiger partial charge < -0.3 is 14.6 Å². The Kier molecular flexibility index (Phi) is 4.57. The zero-order valence-electron chi connectivity index (χ0n) is 10.9. The molecule has 1 N–H and O–H groups in total. The predicted molar refractivity (Wildman–Crippen MR) is 67.9 cm³/mol. The van der Waals surface area contributed by atoms with Gasteiger partial charge in [0, 0.05) is 25.6 Å². The molecule has 4 nitrogen and oxygen atoms in total. The van der Waals surface area contributed by atoms with Gasteiger partial charge in [-0.15, -0.1) is 0 Å². The van der Waals surface area contributed by atoms with Gasteiger partial charge in [0.15, 0.2) is 0 Å². The molecule has 2 unspecified atom stereocenters. The molecule has 96 valence electrons. The highest BCUT2D eigenvalue weighted by molar-refractivity contribution is 5.06. The smallest absolute Gasteiger partial charge is 0.103 e. The molecular weight excluding hydrogens is 214 g/mol. The lowest BCUT2D eigenvalue weighted by Gasteiger charge is -2.32. The van der Waals surface area contributed by atoms with Crippen LogP contribution < -0.4 is 5.32 Å². The largest absolute Gasteiger partial charge is 0.372 e. The van der Waals surface area contributed by atoms with Crippen molar-refractivity contribution in [2.45, 2.75) is 39.3 Å². The fraction of sp³-hybridized carbons (Fsp3) is 0.769. The molecule has 1 aromatic heterocycles. The van der Waals surface area contributed by atoms with E-state index in [9.17, 15) is 0 Å². The molecule has 0 aromatic carbocycles. The summed E-state index contributed by atoms with van der Waals surface area (Å²) in [7, 11) is 0. The quantitative estimate of drug-likeness (QED) is 0.851. The summed E-state index contributed by atoms with van der Waals surface area (Å²) in [4.78, 5) is 4.25. The summed E-state index contributed by atoms with van der Waals surface area (Å²) in [5.74, 6) is 0.575. The van der Waals surface area contributed by atoms with Crippen LogP contribution in [0.3, 0.4) is 0 Å². The average Bonchev–Trinajstić information content (AvgIpc) is 2.84. The summed E-state index contributed by atoms with van der Waals surface area (Å²) in [6.07, 6.45) is 6.49. The fourth-order valence-corrected chi connectivity index (χ4v) is 2.54. The number of nitrogens with one attached hydrogen (secondary N) is 1. The van der Waals surface area contributed by atoms with Gasteiger partial charge in [0.1, 0.15) is 6.10 Å². The minimum Gasteiger partial charge on any atom is -0.372 e. The van der Waals surface area contributed by atoms with Gasteiger partial charge in [-0.25, -0.2) is 4.98 Å². The maximum atomic E-state index is 5.97. The molecule has 1 fully saturated rings. The van der Waals surface area contributed by atoms with Gasteiger partial charge in [0.25, 0.3) is 0 Å². The molecule has 2 rings (SSSR count). The van der Waals surface area contributed by atoms with E-state index in [0.717, 1.165) is 26.2 Å². The first-order chi connectivity index (χ1) is 8.36. The second kappa shape index (κ2) is 6.17. The normalized spacial score (nSPS) is 25.1. The molecule has 0 saturated carbocycles. The molecule has 2 atom stereocenters. The second-order valence-electron chi connectivity index (χ2n) is 4.61. The van der Waals surface area contributed by atoms with Crippen LogP contribution in [0.1, 0.15) is 38.5 Å². The first-order valence-electron chi connectivity index (χ1n) is 6.69. The predicted octanol–water partition coefficient (Wildman–Crippen LogP) is 1.98. The summed E-state index contributed by atoms with van der Waals surface area (Å²) < 4.78 is 8.16. The van der Waals surface area contributed by atoms with E-state index < -0.39 is 0 Å². The van der Waals surface area contributed by atoms with E-state index in [4.69, 9.17) is 4.74 Å². The Balaban J connectivity index is 2.10. The van der Waals surface area contributed by atoms with Crippen molar-refractivity contribution < 1.29 is 4.74 Å². The lowest BCUT2D eigenvalue weighted by atomic mass is 9.92. The minimum atomic E-state index is 0.213. The van der Waals surface area contributed by atoms with Crippen molar-refractivity contribution in [2.75, 3.05) is 19.7 Å². The number of aromatic nitrogens is 2. The molecule has 1 aromatic rings. The zero-order valence-corrected chi connectivity index (χ0v) is 10.9. The van der Waals surface area contributed by atoms with Crippen molar-refractivity contribution in [1.29, 1.82) is 0 Å². The molecule has 4 heteroatoms. The van der Waals surface area contributed by atoms with Crippen LogP contribution in [-0.4, -0.2) is 29.2 Å². The minimum absolute atomic E-state index is 0.213. The van der Waals surface area contributed by atoms with Crippen LogP contribution >= 0.6 is 0 Å². The van der Waals surface area contributed by atoms with Crippen molar-refractivity contribution >= 4 is 0 Å². The third-order valence-electron chi connectivity index (χ3n) is 3.48. The summed E-state index contributed by atoms with van der Waals surface area (Å²) in [5.41, 5.74) is 1.23. The lowest BCUT2D eigenvalue weighted by Crippen LogP contribution is -2.32. The molecule has 1 aliphatic rings. The van der Waals surface area contributed by atoms with Gasteiger partial charge in [-0.2, -0.15) is 0 Å². The molecule has 0 bridgehead atoms. The first kappa shape index (κ1) is 12.6. The number of hydrogen-bond acceptors (Lipinski definition) is 3. The number of ether oxygens (including phenoxy) is 1. The van der Waals surface area contributed by atoms with Crippen molar-refractivity contribution in [2.24, 2.45) is 5.92 Å². The number of aryl methyl sites for hydroxylation is 1. The van der Waals surface area contributed by atoms with Crippen LogP contribution in [0.25, 0.3) is 0 Å². The molecule has 1 saturated heterocycles. The summed E-state index contributed by atoms with van der Waals surface area (Å²) in [5, 5.41) is 3.44. The zero-order chi connectivity index (χ0) is 12.1. The van der Waals surface area contributed by atoms with E-state index in [1.165, 1.54) is 18.5 Å². The monoisotopic (exact) mass is 237 g/mol. The van der Waals surface area contributed by atoms with Gasteiger partial charge in [-0.1, -0.05) is 6.92 Å². The summed E-state index contributed by atoms with van der Waals surface area (Å²) in [6.45, 7) is 8.19. The number of nitrogens with zero attached hydrogens (tertiary/aromatic N) is 2. The molecular formula is C13H23N3O. The van der Waals surface area contributed by atoms with E-state index in [-0.39, 0.29) is 6.10 Å². The first-order valence-corrected chi connectivity index (χ1v) is 6.69. The SMILES string of the molecule is CCNCC1CCCOC1c1cncn1CC. The molecule has 1 aliphatic heterocycles. The Morgan fingerprint density at radius 1 is 1.53 bits per heavy atom. The lowest BCUT2D eigenvalue weighted by molar-refractivity contribution is -0.0319. The second-order valence-corrected chi connectivity index (χ2v) is 4.61. The molecule has 0 aliphatic carbocycles. The van der Waals surface area contributed by atoms with E-state index in [1.807, 2.05) is 12.5 Å². The summed E-state index contributed by atoms with van der Waals surface area (Å²) in [6, 6.07) is 0. The molecule has 17 heavy (non-hydrogen) atoms. The van der Waals surface area contributed by atoms with Gasteiger partial charge in [-0.3, -0.25) is 0 Å². The molecule has 0 amide bonds. The van der Waals surface area contributed by atoms with Gasteiger partial charge >= 0.3 is 0 Å². The maximum absolute atomic E-state index is 5.97. The Morgan fingerprint density at radius 3 is 3.18 bits per heavy atom. The number of rotatable bonds is 5. The molecule has 2 heterocycles. The van der Waals surface area contributed by atoms with Crippen molar-refractivity contribution in [3.05, 3.63) is 18.2 Å². The van der Waals surface area contributed by atoms with Gasteiger partial charge in [-0.05, 0) is 26.3 Å². The van der Waals surface area contributed by atoms with Crippen LogP contribution in [0.15, 0.2) is 12.5 Å². The summed E-state index contributed by atoms with van der Waals surface area (Å²) >= 11 is 0. The van der Waals surface area contributed by atoms with Gasteiger partial charge in [0.2, 0.25) is 0 Å². The molecule has 0 spiro atoms. The highest BCUT2D eigenvalue weighted by Crippen LogP contribution is 2.33. The van der Waals surface area contributed by atoms with Crippen LogP contribution in [0, 0.1) is 5.92 Å². The third kappa shape index (κ3) is 2.87. The van der Waals surface area contributed by atoms with Crippen molar-refractivity contribution in [3.8, 4) is 0 Å². The van der Waals surface area contributed by atoms with Gasteiger partial charge in [0.05, 0.1) is 18.2 Å². The van der Waals surface area contributed by atoms with Crippen LogP contribution in [0.4, 0.5) is 0 Å². The van der Waals surface area contributed by atoms with E-state index >= 15 is 0 Å². The van der Waals surface area contributed by atoms with Crippen LogP contribution in [0.2, 0.25) is 0 Å². The maximum Gasteiger partial charge on any atom is 0.103 e. The third-order valence-corrected chi connectivity index (χ3v) is 3.48. The van der Waals surface area contributed by atoms with Crippen LogP contribution in [-0.2, 0) is 11.3 Å². The standard InChI is InChI=1S/C13H23N3O/c1-3-14-8-11-6-5-7-17-13(11)12-9-15-10-16(12)4-2/h9-11,13-14H,3-8H2,1-2H3. The van der Waals surface area contributed by atoms with E-state index in [1.54, 1.807) is 0 Å². The number of imidazole rings is 1. The Bertz CT molecular complexity index is 337. The van der Waals surface area contributed by atoms with E-state index in [0.29, 0.717) is 5.92 Å². The number of hydrogen-bond donors (Lipinski definition) is 1. The molecule has 0 radical (unpaired) electrons. The van der Waals surface area contributed by atoms with E-state index in [2.05, 4.69) is 28.7 Å². The highest BCUT2D eigenvalue weighted by Gasteiger charge is 2.29. The Morgan fingerprint density at radius 2 is 2.41 bits per heavy atom. The Labute approximate surface area is 103 Å².